The van der Waals surface area contributed by atoms with Gasteiger partial charge in [-0.2, -0.15) is 10.1 Å². The van der Waals surface area contributed by atoms with Crippen LogP contribution in [0.2, 0.25) is 0 Å². The number of amides is 4. The van der Waals surface area contributed by atoms with Gasteiger partial charge in [0.15, 0.2) is 17.0 Å². The lowest BCUT2D eigenvalue weighted by Gasteiger charge is -2.42. The summed E-state index contributed by atoms with van der Waals surface area (Å²) in [6.07, 6.45) is 12.8. The number of cyclic esters (lactones) is 1. The van der Waals surface area contributed by atoms with Crippen molar-refractivity contribution < 1.29 is 115 Å². The number of piperidine rings is 1. The molecule has 0 unspecified atom stereocenters. The number of methoxy groups -OCH3 is 2. The number of esters is 1. The Hall–Kier alpha value is -9.46. The number of benzene rings is 1. The minimum atomic E-state index is -2.51. The molecule has 5 aromatic rings. The molecule has 39 heteroatoms. The largest absolute Gasteiger partial charge is 0.459 e. The van der Waals surface area contributed by atoms with E-state index in [1.807, 2.05) is 56.4 Å². The monoisotopic (exact) mass is 1800 g/mol. The van der Waals surface area contributed by atoms with Gasteiger partial charge >= 0.3 is 12.1 Å². The first-order chi connectivity index (χ1) is 61.7. The maximum atomic E-state index is 14.7. The molecule has 1 saturated carbocycles. The van der Waals surface area contributed by atoms with Crippen LogP contribution in [0.15, 0.2) is 82.7 Å². The van der Waals surface area contributed by atoms with Crippen LogP contribution in [0, 0.1) is 29.6 Å². The van der Waals surface area contributed by atoms with E-state index >= 15 is 0 Å². The fraction of sp³-hybridized carbons (Fsp3) is 0.663. The highest BCUT2D eigenvalue weighted by atomic mass is 16.6. The van der Waals surface area contributed by atoms with E-state index in [0.29, 0.717) is 163 Å². The zero-order valence-corrected chi connectivity index (χ0v) is 75.1. The van der Waals surface area contributed by atoms with Crippen molar-refractivity contribution in [3.63, 3.8) is 0 Å². The molecule has 3 fully saturated rings. The Labute approximate surface area is 746 Å². The highest BCUT2D eigenvalue weighted by Crippen LogP contribution is 2.40. The number of aliphatic hydroxyl groups excluding tert-OH is 2. The standard InChI is InChI=1S/C89H133N15O24/c1-56-16-10-9-11-17-57(2)72(116-7)51-65-22-19-61(6)89(115,128-65)82(111)85(112)102-30-14-12-18-69(102)86(113)126-73(52-70(105)58(3)47-60(5)80(109)81(110)79(108)59(4)46-56)66(90)48-62-20-23-68(74(49-62)117-8)104-53-64(99-101-104)54-125-88(114)95-29-35-121-39-43-122-40-36-119-33-26-76(107)94-28-34-120-38-42-124-45-44-123-41-37-118-32-25-75(106)93-27-13-15-31-103-84-77(83(91)96-55-97-84)78(100-103)63-21-24-71-67(50-63)98-87(92)127-71/h9-11,16-17,21,24,47,50,53,55-56,58-59,61-62,65-66,68-69,72-74,80-81,109-110,115H,12-15,18-20,22-23,25-46,48-49,51-52,54,90H2,1-8H3,(H2,92,98)(H,93,106)(H,94,107)(H,95,114)(H2,91,96,97)/b11-9?,16-10+,57-17?,60-47+/t56-,58-,59-,61-,62+,65+,66-,68+,69+,72+,73+,74-,80-,81+,89-/m1/s1. The van der Waals surface area contributed by atoms with Gasteiger partial charge in [-0.15, -0.1) is 5.10 Å². The predicted molar refractivity (Wildman–Crippen MR) is 468 cm³/mol. The predicted octanol–water partition coefficient (Wildman–Crippen LogP) is 5.64. The first-order valence-electron chi connectivity index (χ1n) is 44.6. The Morgan fingerprint density at radius 2 is 1.38 bits per heavy atom. The highest BCUT2D eigenvalue weighted by Gasteiger charge is 2.53. The van der Waals surface area contributed by atoms with Crippen LogP contribution < -0.4 is 33.2 Å². The third-order valence-electron chi connectivity index (χ3n) is 23.5. The van der Waals surface area contributed by atoms with Crippen molar-refractivity contribution in [3.8, 4) is 11.3 Å². The lowest BCUT2D eigenvalue weighted by atomic mass is 9.79. The number of nitrogens with one attached hydrogen (secondary N) is 3. The Morgan fingerprint density at radius 1 is 0.719 bits per heavy atom. The summed E-state index contributed by atoms with van der Waals surface area (Å²) in [6.45, 7) is 15.8. The molecule has 9 rings (SSSR count). The average molecular weight is 1800 g/mol. The van der Waals surface area contributed by atoms with Crippen LogP contribution in [0.5, 0.6) is 0 Å². The number of nitrogens with zero attached hydrogens (tertiary/aromatic N) is 9. The highest BCUT2D eigenvalue weighted by molar-refractivity contribution is 6.39. The maximum absolute atomic E-state index is 14.7. The van der Waals surface area contributed by atoms with Gasteiger partial charge in [-0.1, -0.05) is 69.4 Å². The molecule has 7 heterocycles. The number of aromatic nitrogens is 8. The van der Waals surface area contributed by atoms with Crippen LogP contribution in [0.3, 0.4) is 0 Å². The molecule has 2 saturated heterocycles. The van der Waals surface area contributed by atoms with Gasteiger partial charge in [-0.25, -0.2) is 28.9 Å². The van der Waals surface area contributed by atoms with E-state index in [1.54, 1.807) is 56.6 Å². The van der Waals surface area contributed by atoms with Crippen molar-refractivity contribution in [3.05, 3.63) is 84.0 Å². The number of ketones is 3. The number of aliphatic hydroxyl groups is 3. The Morgan fingerprint density at radius 3 is 2.06 bits per heavy atom. The average Bonchev–Trinajstić information content (AvgIpc) is 1.54. The molecule has 3 aliphatic heterocycles. The molecule has 4 aromatic heterocycles. The van der Waals surface area contributed by atoms with Gasteiger partial charge in [0, 0.05) is 102 Å². The van der Waals surface area contributed by atoms with Crippen LogP contribution >= 0.6 is 0 Å². The van der Waals surface area contributed by atoms with Crippen molar-refractivity contribution in [1.29, 1.82) is 0 Å². The zero-order valence-electron chi connectivity index (χ0n) is 75.1. The minimum Gasteiger partial charge on any atom is -0.459 e. The number of fused-ring (bicyclic) bond motifs is 5. The van der Waals surface area contributed by atoms with Crippen molar-refractivity contribution in [2.24, 2.45) is 35.3 Å². The molecule has 2 bridgehead atoms. The number of aryl methyl sites for hydroxylation is 1. The maximum Gasteiger partial charge on any atom is 0.407 e. The number of nitrogens with two attached hydrogens (primary N) is 3. The van der Waals surface area contributed by atoms with Crippen molar-refractivity contribution in [2.45, 2.75) is 218 Å². The minimum absolute atomic E-state index is 0.00280. The summed E-state index contributed by atoms with van der Waals surface area (Å²) in [5, 5.41) is 57.1. The second kappa shape index (κ2) is 53.0. The van der Waals surface area contributed by atoms with E-state index in [2.05, 4.69) is 41.2 Å². The number of carbonyl (C=O) groups excluding carboxylic acids is 8. The summed E-state index contributed by atoms with van der Waals surface area (Å²) in [4.78, 5) is 123. The molecule has 4 aliphatic rings. The molecule has 1 aromatic carbocycles. The van der Waals surface area contributed by atoms with E-state index in [4.69, 9.17) is 83.6 Å². The molecule has 0 spiro atoms. The van der Waals surface area contributed by atoms with Gasteiger partial charge in [0.25, 0.3) is 17.7 Å². The molecular formula is C89H133N15O24. The lowest BCUT2D eigenvalue weighted by Crippen LogP contribution is -2.61. The lowest BCUT2D eigenvalue weighted by molar-refractivity contribution is -0.265. The second-order valence-corrected chi connectivity index (χ2v) is 33.2. The van der Waals surface area contributed by atoms with E-state index < -0.39 is 114 Å². The van der Waals surface area contributed by atoms with E-state index in [9.17, 15) is 53.7 Å². The van der Waals surface area contributed by atoms with Crippen LogP contribution in [0.25, 0.3) is 33.4 Å². The summed E-state index contributed by atoms with van der Waals surface area (Å²) >= 11 is 0. The Kier molecular flexibility index (Phi) is 42.4. The molecule has 15 atom stereocenters. The van der Waals surface area contributed by atoms with Gasteiger partial charge in [0.2, 0.25) is 17.6 Å². The molecule has 39 nitrogen and oxygen atoms in total. The third-order valence-corrected chi connectivity index (χ3v) is 23.5. The molecule has 708 valence electrons. The van der Waals surface area contributed by atoms with Crippen LogP contribution in [0.1, 0.15) is 156 Å². The Bertz CT molecular complexity index is 4500. The molecule has 4 amide bonds. The topological polar surface area (TPSA) is 526 Å². The molecule has 0 radical (unpaired) electrons. The summed E-state index contributed by atoms with van der Waals surface area (Å²) in [5.41, 5.74) is 23.6. The van der Waals surface area contributed by atoms with E-state index in [1.165, 1.54) is 19.3 Å². The molecule has 12 N–H and O–H groups in total. The normalized spacial score (nSPS) is 25.6. The van der Waals surface area contributed by atoms with Gasteiger partial charge in [0.05, 0.1) is 128 Å². The van der Waals surface area contributed by atoms with Gasteiger partial charge in [0.1, 0.15) is 65.8 Å². The SMILES string of the molecule is CO[C@H]1C[C@@H]2CC[C@@H](C)[C@@](O)(O2)C(=O)C(=O)N2CCCC[C@H]2C(=O)O[C@H]([C@H](N)C[C@@H]2CC[C@H](n3cc(COC(=O)NCCOCCOCCOCCC(=O)NCCOCCOCCOCCOCCC(=O)NCCCCn4nc(-c5ccc6oc(N)nc6c5)c5c(N)ncnc54)nn3)[C@H](OC)C2)CC(=O)[C@H](C)/C=C(\C)[C@@H](O)[C@@H](O)C(=O)[C@H](C)C[C@H](C)/C=C/C=CC=C1C. The smallest absolute Gasteiger partial charge is 0.407 e. The number of hydrogen-bond donors (Lipinski definition) is 9. The molecule has 128 heavy (non-hydrogen) atoms. The number of anilines is 2. The van der Waals surface area contributed by atoms with E-state index in [0.717, 1.165) is 22.5 Å². The first kappa shape index (κ1) is 102. The number of alkyl carbamates (subject to hydrolysis) is 1. The summed E-state index contributed by atoms with van der Waals surface area (Å²) in [7, 11) is 3.12. The number of oxazole rings is 1. The summed E-state index contributed by atoms with van der Waals surface area (Å²) in [6, 6.07) is 3.02. The quantitative estimate of drug-likeness (QED) is 0.00989. The number of nitrogen functional groups attached to an aromatic ring is 2. The van der Waals surface area contributed by atoms with Gasteiger partial charge < -0.3 is 115 Å². The summed E-state index contributed by atoms with van der Waals surface area (Å²) in [5.74, 6) is -9.23. The number of hydrogen-bond acceptors (Lipinski definition) is 33. The summed E-state index contributed by atoms with van der Waals surface area (Å²) < 4.78 is 77.5. The van der Waals surface area contributed by atoms with Crippen molar-refractivity contribution in [2.75, 3.05) is 144 Å². The fourth-order valence-corrected chi connectivity index (χ4v) is 16.1. The first-order valence-corrected chi connectivity index (χ1v) is 44.6. The van der Waals surface area contributed by atoms with Gasteiger partial charge in [-0.05, 0) is 132 Å². The number of unbranched alkanes of at least 4 members (excludes halogenated alkanes) is 1. The van der Waals surface area contributed by atoms with E-state index in [-0.39, 0.29) is 139 Å². The van der Waals surface area contributed by atoms with Crippen LogP contribution in [-0.2, 0) is 104 Å². The van der Waals surface area contributed by atoms with Crippen LogP contribution in [0.4, 0.5) is 16.6 Å². The number of Topliss-reactive ketones (excluding diaryl/α,β-unsaturated/α-hetero) is 3. The zero-order chi connectivity index (χ0) is 92.1. The number of rotatable bonds is 41. The fourth-order valence-electron chi connectivity index (χ4n) is 16.1. The number of allylic oxidation sites excluding steroid dienone is 6. The molecule has 1 aliphatic carbocycles. The second-order valence-electron chi connectivity index (χ2n) is 33.2. The van der Waals surface area contributed by atoms with Crippen LogP contribution in [-0.4, -0.2) is 294 Å². The Balaban J connectivity index is 0.594. The third kappa shape index (κ3) is 31.4. The number of ether oxygens (including phenoxy) is 12. The molecular weight excluding hydrogens is 1660 g/mol. The number of carbonyl (C=O) groups is 8. The van der Waals surface area contributed by atoms with Crippen molar-refractivity contribution >= 4 is 81.1 Å². The van der Waals surface area contributed by atoms with Crippen molar-refractivity contribution in [1.82, 2.24) is 60.6 Å². The van der Waals surface area contributed by atoms with Gasteiger partial charge in [-0.3, -0.25) is 28.8 Å².